The standard InChI is InChI=1S/C4H8O3S.Ca.2H/c1-3-4-8(5,6)7-2;;;/h3H,1,4H2,2H3;;;/q;+2;2*-1. The van der Waals surface area contributed by atoms with E-state index in [0.717, 1.165) is 7.11 Å². The summed E-state index contributed by atoms with van der Waals surface area (Å²) in [5.74, 6) is -0.122. The fourth-order valence-corrected chi connectivity index (χ4v) is 0.637. The van der Waals surface area contributed by atoms with Gasteiger partial charge in [0.15, 0.2) is 0 Å². The molecule has 0 saturated carbocycles. The van der Waals surface area contributed by atoms with Gasteiger partial charge in [0.05, 0.1) is 12.9 Å². The first-order chi connectivity index (χ1) is 3.62. The van der Waals surface area contributed by atoms with E-state index in [1.165, 1.54) is 6.08 Å². The zero-order chi connectivity index (χ0) is 6.62. The summed E-state index contributed by atoms with van der Waals surface area (Å²) in [6, 6.07) is 0. The average molecular weight is 178 g/mol. The Hall–Kier alpha value is 0.910. The predicted octanol–water partition coefficient (Wildman–Crippen LogP) is -0.00720. The first-order valence-corrected chi connectivity index (χ1v) is 3.59. The molecule has 0 saturated heterocycles. The van der Waals surface area contributed by atoms with Crippen molar-refractivity contribution in [1.82, 2.24) is 0 Å². The molecule has 0 aliphatic carbocycles. The Kier molecular flexibility index (Phi) is 7.93. The fraction of sp³-hybridized carbons (Fsp3) is 0.500. The SMILES string of the molecule is C=CCS(=O)(=O)OC.[Ca+2].[H-].[H-]. The van der Waals surface area contributed by atoms with Crippen molar-refractivity contribution in [3.05, 3.63) is 12.7 Å². The third-order valence-electron chi connectivity index (χ3n) is 0.576. The van der Waals surface area contributed by atoms with Crippen molar-refractivity contribution in [1.29, 1.82) is 0 Å². The van der Waals surface area contributed by atoms with Gasteiger partial charge in [-0.15, -0.1) is 6.58 Å². The Balaban J connectivity index is -0.0000000817. The van der Waals surface area contributed by atoms with Gasteiger partial charge in [-0.25, -0.2) is 0 Å². The van der Waals surface area contributed by atoms with E-state index >= 15 is 0 Å². The molecule has 9 heavy (non-hydrogen) atoms. The summed E-state index contributed by atoms with van der Waals surface area (Å²) in [6.07, 6.45) is 1.28. The topological polar surface area (TPSA) is 43.4 Å². The van der Waals surface area contributed by atoms with Crippen LogP contribution in [-0.2, 0) is 14.3 Å². The first kappa shape index (κ1) is 12.6. The molecule has 0 fully saturated rings. The second-order valence-corrected chi connectivity index (χ2v) is 2.96. The third kappa shape index (κ3) is 6.80. The Bertz CT molecular complexity index is 168. The molecule has 0 unspecified atom stereocenters. The van der Waals surface area contributed by atoms with Crippen LogP contribution in [0.5, 0.6) is 0 Å². The summed E-state index contributed by atoms with van der Waals surface area (Å²) in [7, 11) is -2.16. The summed E-state index contributed by atoms with van der Waals surface area (Å²) < 4.78 is 24.7. The van der Waals surface area contributed by atoms with Crippen molar-refractivity contribution in [2.24, 2.45) is 0 Å². The summed E-state index contributed by atoms with van der Waals surface area (Å²) in [4.78, 5) is 0. The predicted molar refractivity (Wildman–Crippen MR) is 39.0 cm³/mol. The maximum absolute atomic E-state index is 10.3. The van der Waals surface area contributed by atoms with Gasteiger partial charge in [0.1, 0.15) is 0 Å². The van der Waals surface area contributed by atoms with Crippen LogP contribution >= 0.6 is 0 Å². The van der Waals surface area contributed by atoms with Crippen LogP contribution in [0.1, 0.15) is 2.85 Å². The molecular formula is C4H10CaO3S. The van der Waals surface area contributed by atoms with E-state index in [1.807, 2.05) is 0 Å². The Morgan fingerprint density at radius 3 is 2.33 bits per heavy atom. The van der Waals surface area contributed by atoms with Crippen LogP contribution in [0.3, 0.4) is 0 Å². The first-order valence-electron chi connectivity index (χ1n) is 2.01. The molecule has 52 valence electrons. The van der Waals surface area contributed by atoms with Crippen LogP contribution in [0, 0.1) is 0 Å². The zero-order valence-corrected chi connectivity index (χ0v) is 8.36. The molecular weight excluding hydrogens is 168 g/mol. The molecule has 0 bridgehead atoms. The van der Waals surface area contributed by atoms with Gasteiger partial charge in [0.25, 0.3) is 10.1 Å². The van der Waals surface area contributed by atoms with Gasteiger partial charge in [0, 0.05) is 0 Å². The largest absolute Gasteiger partial charge is 2.00 e. The number of rotatable bonds is 3. The molecule has 3 nitrogen and oxygen atoms in total. The Morgan fingerprint density at radius 1 is 1.78 bits per heavy atom. The Labute approximate surface area is 88.2 Å². The third-order valence-corrected chi connectivity index (χ3v) is 1.73. The van der Waals surface area contributed by atoms with Gasteiger partial charge in [-0.2, -0.15) is 8.42 Å². The molecule has 0 atom stereocenters. The van der Waals surface area contributed by atoms with Crippen LogP contribution in [0.15, 0.2) is 12.7 Å². The summed E-state index contributed by atoms with van der Waals surface area (Å²) >= 11 is 0. The van der Waals surface area contributed by atoms with Crippen LogP contribution < -0.4 is 0 Å². The summed E-state index contributed by atoms with van der Waals surface area (Å²) in [5.41, 5.74) is 0. The van der Waals surface area contributed by atoms with Gasteiger partial charge in [-0.1, -0.05) is 6.08 Å². The van der Waals surface area contributed by atoms with Crippen molar-refractivity contribution >= 4 is 47.9 Å². The van der Waals surface area contributed by atoms with Crippen molar-refractivity contribution < 1.29 is 15.5 Å². The number of hydrogen-bond acceptors (Lipinski definition) is 3. The number of hydrogen-bond donors (Lipinski definition) is 0. The van der Waals surface area contributed by atoms with Crippen molar-refractivity contribution in [3.8, 4) is 0 Å². The minimum Gasteiger partial charge on any atom is -1.00 e. The minimum absolute atomic E-state index is 0. The normalized spacial score (nSPS) is 9.89. The zero-order valence-electron chi connectivity index (χ0n) is 7.33. The second kappa shape index (κ2) is 5.68. The van der Waals surface area contributed by atoms with Gasteiger partial charge in [-0.3, -0.25) is 4.18 Å². The fourth-order valence-electron chi connectivity index (χ4n) is 0.212. The van der Waals surface area contributed by atoms with Gasteiger partial charge >= 0.3 is 37.7 Å². The molecule has 0 aliphatic rings. The molecule has 0 rings (SSSR count). The van der Waals surface area contributed by atoms with Gasteiger partial charge in [-0.05, 0) is 0 Å². The monoisotopic (exact) mass is 178 g/mol. The quantitative estimate of drug-likeness (QED) is 0.347. The van der Waals surface area contributed by atoms with Gasteiger partial charge < -0.3 is 2.85 Å². The average Bonchev–Trinajstić information content (AvgIpc) is 1.67. The van der Waals surface area contributed by atoms with Crippen LogP contribution in [-0.4, -0.2) is 59.0 Å². The van der Waals surface area contributed by atoms with Crippen molar-refractivity contribution in [2.45, 2.75) is 0 Å². The molecule has 0 N–H and O–H groups in total. The molecule has 0 aromatic rings. The van der Waals surface area contributed by atoms with Crippen LogP contribution in [0.25, 0.3) is 0 Å². The van der Waals surface area contributed by atoms with E-state index in [2.05, 4.69) is 10.8 Å². The van der Waals surface area contributed by atoms with Crippen LogP contribution in [0.2, 0.25) is 0 Å². The second-order valence-electron chi connectivity index (χ2n) is 1.18. The molecule has 0 amide bonds. The maximum atomic E-state index is 10.3. The van der Waals surface area contributed by atoms with Gasteiger partial charge in [0.2, 0.25) is 0 Å². The molecule has 0 radical (unpaired) electrons. The smallest absolute Gasteiger partial charge is 1.00 e. The molecule has 0 spiro atoms. The molecule has 0 aliphatic heterocycles. The molecule has 5 heteroatoms. The van der Waals surface area contributed by atoms with E-state index in [0.29, 0.717) is 0 Å². The van der Waals surface area contributed by atoms with Crippen LogP contribution in [0.4, 0.5) is 0 Å². The molecule has 0 aromatic carbocycles. The van der Waals surface area contributed by atoms with E-state index < -0.39 is 10.1 Å². The van der Waals surface area contributed by atoms with E-state index in [4.69, 9.17) is 0 Å². The van der Waals surface area contributed by atoms with E-state index in [1.54, 1.807) is 0 Å². The summed E-state index contributed by atoms with van der Waals surface area (Å²) in [6.45, 7) is 3.23. The molecule has 0 heterocycles. The van der Waals surface area contributed by atoms with E-state index in [-0.39, 0.29) is 46.3 Å². The molecule has 0 aromatic heterocycles. The van der Waals surface area contributed by atoms with Crippen molar-refractivity contribution in [2.75, 3.05) is 12.9 Å². The Morgan fingerprint density at radius 2 is 2.22 bits per heavy atom. The maximum Gasteiger partial charge on any atom is 2.00 e. The van der Waals surface area contributed by atoms with Crippen molar-refractivity contribution in [3.63, 3.8) is 0 Å². The van der Waals surface area contributed by atoms with E-state index in [9.17, 15) is 8.42 Å². The minimum atomic E-state index is -3.29. The summed E-state index contributed by atoms with van der Waals surface area (Å²) in [5, 5.41) is 0.